The minimum absolute atomic E-state index is 0.0588. The molecule has 5 heteroatoms. The Morgan fingerprint density at radius 1 is 1.40 bits per heavy atom. The lowest BCUT2D eigenvalue weighted by Crippen LogP contribution is -2.27. The summed E-state index contributed by atoms with van der Waals surface area (Å²) in [5, 5.41) is 6.18. The summed E-state index contributed by atoms with van der Waals surface area (Å²) in [5.74, 6) is 0.428. The molecule has 0 saturated carbocycles. The second-order valence-electron chi connectivity index (χ2n) is 3.15. The molecule has 0 fully saturated rings. The molecule has 0 saturated heterocycles. The molecule has 0 aliphatic heterocycles. The highest BCUT2D eigenvalue weighted by Gasteiger charge is 2.01. The van der Waals surface area contributed by atoms with Gasteiger partial charge in [-0.1, -0.05) is 6.92 Å². The molecule has 15 heavy (non-hydrogen) atoms. The number of anilines is 1. The predicted octanol–water partition coefficient (Wildman–Crippen LogP) is 0.285. The Kier molecular flexibility index (Phi) is 4.83. The van der Waals surface area contributed by atoms with Crippen molar-refractivity contribution in [3.8, 4) is 0 Å². The molecule has 1 aromatic rings. The maximum Gasteiger partial charge on any atom is 0.293 e. The second kappa shape index (κ2) is 6.19. The van der Waals surface area contributed by atoms with Gasteiger partial charge in [0.1, 0.15) is 0 Å². The van der Waals surface area contributed by atoms with Gasteiger partial charge in [-0.2, -0.15) is 0 Å². The topological polar surface area (TPSA) is 59.0 Å². The normalized spacial score (nSPS) is 10.3. The zero-order chi connectivity index (χ0) is 11.1. The van der Waals surface area contributed by atoms with E-state index in [2.05, 4.69) is 15.6 Å². The lowest BCUT2D eigenvalue weighted by Gasteiger charge is -2.07. The maximum absolute atomic E-state index is 11.7. The average Bonchev–Trinajstić information content (AvgIpc) is 2.26. The molecule has 0 spiro atoms. The van der Waals surface area contributed by atoms with E-state index in [1.165, 1.54) is 0 Å². The first kappa shape index (κ1) is 11.7. The van der Waals surface area contributed by atoms with Crippen molar-refractivity contribution in [3.63, 3.8) is 0 Å². The van der Waals surface area contributed by atoms with Crippen molar-refractivity contribution in [2.45, 2.75) is 20.4 Å². The van der Waals surface area contributed by atoms with E-state index in [0.29, 0.717) is 18.9 Å². The zero-order valence-corrected chi connectivity index (χ0v) is 9.29. The number of likely N-dealkylation sites (N-methyl/N-ethyl adjacent to an activating group) is 1. The number of rotatable bonds is 6. The van der Waals surface area contributed by atoms with Gasteiger partial charge in [0.15, 0.2) is 5.82 Å². The van der Waals surface area contributed by atoms with Crippen molar-refractivity contribution in [2.24, 2.45) is 0 Å². The average molecular weight is 210 g/mol. The molecule has 1 heterocycles. The van der Waals surface area contributed by atoms with Gasteiger partial charge in [0.25, 0.3) is 5.56 Å². The summed E-state index contributed by atoms with van der Waals surface area (Å²) in [5.41, 5.74) is -0.0588. The first-order valence-corrected chi connectivity index (χ1v) is 5.29. The molecule has 1 aromatic heterocycles. The molecule has 84 valence electrons. The van der Waals surface area contributed by atoms with Crippen LogP contribution in [0.2, 0.25) is 0 Å². The van der Waals surface area contributed by atoms with Gasteiger partial charge in [-0.3, -0.25) is 4.79 Å². The molecule has 1 rings (SSSR count). The van der Waals surface area contributed by atoms with Gasteiger partial charge >= 0.3 is 0 Å². The Balaban J connectivity index is 2.57. The molecular weight excluding hydrogens is 192 g/mol. The standard InChI is InChI=1S/C10H18N4O/c1-3-11-5-6-12-9-10(15)14(4-2)8-7-13-9/h7-8,11H,3-6H2,1-2H3,(H,12,13). The summed E-state index contributed by atoms with van der Waals surface area (Å²) in [6.07, 6.45) is 3.33. The van der Waals surface area contributed by atoms with E-state index in [9.17, 15) is 4.79 Å². The number of aromatic nitrogens is 2. The highest BCUT2D eigenvalue weighted by molar-refractivity contribution is 5.30. The lowest BCUT2D eigenvalue weighted by molar-refractivity contribution is 0.711. The third-order valence-electron chi connectivity index (χ3n) is 2.10. The van der Waals surface area contributed by atoms with Gasteiger partial charge in [0.2, 0.25) is 0 Å². The van der Waals surface area contributed by atoms with E-state index in [4.69, 9.17) is 0 Å². The zero-order valence-electron chi connectivity index (χ0n) is 9.29. The number of hydrogen-bond donors (Lipinski definition) is 2. The molecular formula is C10H18N4O. The van der Waals surface area contributed by atoms with Crippen molar-refractivity contribution < 1.29 is 0 Å². The highest BCUT2D eigenvalue weighted by Crippen LogP contribution is 1.91. The Labute approximate surface area is 89.5 Å². The molecule has 0 bridgehead atoms. The van der Waals surface area contributed by atoms with Gasteiger partial charge in [-0.05, 0) is 13.5 Å². The van der Waals surface area contributed by atoms with Crippen LogP contribution in [0.4, 0.5) is 5.82 Å². The fraction of sp³-hybridized carbons (Fsp3) is 0.600. The van der Waals surface area contributed by atoms with Crippen LogP contribution < -0.4 is 16.2 Å². The lowest BCUT2D eigenvalue weighted by atomic mass is 10.5. The van der Waals surface area contributed by atoms with Crippen LogP contribution >= 0.6 is 0 Å². The van der Waals surface area contributed by atoms with E-state index >= 15 is 0 Å². The molecule has 0 aliphatic rings. The number of hydrogen-bond acceptors (Lipinski definition) is 4. The molecule has 2 N–H and O–H groups in total. The monoisotopic (exact) mass is 210 g/mol. The summed E-state index contributed by atoms with van der Waals surface area (Å²) in [6.45, 7) is 7.13. The van der Waals surface area contributed by atoms with Crippen LogP contribution in [-0.4, -0.2) is 29.2 Å². The first-order valence-electron chi connectivity index (χ1n) is 5.29. The molecule has 0 radical (unpaired) electrons. The van der Waals surface area contributed by atoms with Crippen molar-refractivity contribution in [2.75, 3.05) is 25.0 Å². The Hall–Kier alpha value is -1.36. The number of nitrogens with zero attached hydrogens (tertiary/aromatic N) is 2. The van der Waals surface area contributed by atoms with Crippen LogP contribution in [0.1, 0.15) is 13.8 Å². The molecule has 0 atom stereocenters. The molecule has 5 nitrogen and oxygen atoms in total. The van der Waals surface area contributed by atoms with Gasteiger partial charge in [-0.25, -0.2) is 4.98 Å². The van der Waals surface area contributed by atoms with Gasteiger partial charge < -0.3 is 15.2 Å². The second-order valence-corrected chi connectivity index (χ2v) is 3.15. The van der Waals surface area contributed by atoms with Crippen molar-refractivity contribution in [1.82, 2.24) is 14.9 Å². The Morgan fingerprint density at radius 2 is 2.20 bits per heavy atom. The highest BCUT2D eigenvalue weighted by atomic mass is 16.1. The number of nitrogens with one attached hydrogen (secondary N) is 2. The largest absolute Gasteiger partial charge is 0.364 e. The van der Waals surface area contributed by atoms with E-state index in [0.717, 1.165) is 13.1 Å². The quantitative estimate of drug-likeness (QED) is 0.662. The smallest absolute Gasteiger partial charge is 0.293 e. The molecule has 0 aromatic carbocycles. The summed E-state index contributed by atoms with van der Waals surface area (Å²) in [6, 6.07) is 0. The third-order valence-corrected chi connectivity index (χ3v) is 2.10. The van der Waals surface area contributed by atoms with Crippen LogP contribution in [0.15, 0.2) is 17.2 Å². The Bertz CT molecular complexity index is 348. The fourth-order valence-corrected chi connectivity index (χ4v) is 1.26. The number of aryl methyl sites for hydroxylation is 1. The van der Waals surface area contributed by atoms with E-state index in [-0.39, 0.29) is 5.56 Å². The fourth-order valence-electron chi connectivity index (χ4n) is 1.26. The van der Waals surface area contributed by atoms with E-state index in [1.54, 1.807) is 17.0 Å². The summed E-state index contributed by atoms with van der Waals surface area (Å²) >= 11 is 0. The van der Waals surface area contributed by atoms with Crippen LogP contribution in [0.3, 0.4) is 0 Å². The minimum Gasteiger partial charge on any atom is -0.364 e. The van der Waals surface area contributed by atoms with Crippen LogP contribution in [0.5, 0.6) is 0 Å². The summed E-state index contributed by atoms with van der Waals surface area (Å²) in [4.78, 5) is 15.7. The van der Waals surface area contributed by atoms with Crippen molar-refractivity contribution >= 4 is 5.82 Å². The predicted molar refractivity (Wildman–Crippen MR) is 61.2 cm³/mol. The Morgan fingerprint density at radius 3 is 2.87 bits per heavy atom. The van der Waals surface area contributed by atoms with Gasteiger partial charge in [0, 0.05) is 32.0 Å². The molecule has 0 unspecified atom stereocenters. The van der Waals surface area contributed by atoms with Crippen molar-refractivity contribution in [1.29, 1.82) is 0 Å². The first-order chi connectivity index (χ1) is 7.29. The van der Waals surface area contributed by atoms with E-state index in [1.807, 2.05) is 13.8 Å². The minimum atomic E-state index is -0.0588. The van der Waals surface area contributed by atoms with Crippen LogP contribution in [-0.2, 0) is 6.54 Å². The van der Waals surface area contributed by atoms with Gasteiger partial charge in [-0.15, -0.1) is 0 Å². The SMILES string of the molecule is CCNCCNc1nccn(CC)c1=O. The molecule has 0 amide bonds. The molecule has 0 aliphatic carbocycles. The van der Waals surface area contributed by atoms with Crippen molar-refractivity contribution in [3.05, 3.63) is 22.7 Å². The van der Waals surface area contributed by atoms with Crippen LogP contribution in [0.25, 0.3) is 0 Å². The summed E-state index contributed by atoms with van der Waals surface area (Å²) < 4.78 is 1.63. The summed E-state index contributed by atoms with van der Waals surface area (Å²) in [7, 11) is 0. The van der Waals surface area contributed by atoms with E-state index < -0.39 is 0 Å². The maximum atomic E-state index is 11.7. The van der Waals surface area contributed by atoms with Gasteiger partial charge in [0.05, 0.1) is 0 Å². The van der Waals surface area contributed by atoms with Crippen LogP contribution in [0, 0.1) is 0 Å². The third kappa shape index (κ3) is 3.36.